The van der Waals surface area contributed by atoms with Crippen molar-refractivity contribution < 1.29 is 44.6 Å². The molecule has 0 saturated carbocycles. The van der Waals surface area contributed by atoms with Gasteiger partial charge in [0.2, 0.25) is 0 Å². The Labute approximate surface area is 186 Å². The molecule has 0 rings (SSSR count). The molecule has 0 aliphatic rings. The van der Waals surface area contributed by atoms with Crippen molar-refractivity contribution in [2.45, 2.75) is 89.6 Å². The second kappa shape index (κ2) is 23.3. The summed E-state index contributed by atoms with van der Waals surface area (Å²) in [5.74, 6) is -0.964. The van der Waals surface area contributed by atoms with Crippen molar-refractivity contribution in [2.24, 2.45) is 5.11 Å². The van der Waals surface area contributed by atoms with E-state index in [1.807, 2.05) is 0 Å². The SMILES string of the molecule is [N-]=[N+]=NC[C@H](O)CCC/C=C\CCCCCCC/C=C\CCCC(=O)[O-].[Na+]. The van der Waals surface area contributed by atoms with Crippen molar-refractivity contribution in [3.63, 3.8) is 0 Å². The minimum Gasteiger partial charge on any atom is -0.550 e. The number of carboxylic acids is 1. The van der Waals surface area contributed by atoms with Crippen molar-refractivity contribution in [3.05, 3.63) is 34.7 Å². The van der Waals surface area contributed by atoms with E-state index < -0.39 is 12.1 Å². The first kappa shape index (κ1) is 28.4. The van der Waals surface area contributed by atoms with Gasteiger partial charge in [0.1, 0.15) is 0 Å². The molecule has 0 radical (unpaired) electrons. The predicted molar refractivity (Wildman–Crippen MR) is 103 cm³/mol. The Morgan fingerprint density at radius 3 is 1.93 bits per heavy atom. The number of nitrogens with zero attached hydrogens (tertiary/aromatic N) is 3. The van der Waals surface area contributed by atoms with Gasteiger partial charge in [-0.05, 0) is 69.7 Å². The summed E-state index contributed by atoms with van der Waals surface area (Å²) in [6.07, 6.45) is 20.7. The molecule has 0 amide bonds. The van der Waals surface area contributed by atoms with E-state index in [0.717, 1.165) is 32.1 Å². The van der Waals surface area contributed by atoms with Crippen LogP contribution in [0.1, 0.15) is 83.5 Å². The van der Waals surface area contributed by atoms with Crippen molar-refractivity contribution in [1.82, 2.24) is 0 Å². The van der Waals surface area contributed by atoms with Gasteiger partial charge in [-0.15, -0.1) is 0 Å². The first-order chi connectivity index (χ1) is 12.7. The maximum atomic E-state index is 10.2. The van der Waals surface area contributed by atoms with E-state index in [-0.39, 0.29) is 42.5 Å². The third-order valence-electron chi connectivity index (χ3n) is 4.09. The van der Waals surface area contributed by atoms with Crippen LogP contribution in [0.2, 0.25) is 0 Å². The predicted octanol–water partition coefficient (Wildman–Crippen LogP) is 1.60. The van der Waals surface area contributed by atoms with Crippen LogP contribution in [0.5, 0.6) is 0 Å². The van der Waals surface area contributed by atoms with Crippen molar-refractivity contribution >= 4 is 5.97 Å². The van der Waals surface area contributed by atoms with E-state index in [1.54, 1.807) is 0 Å². The van der Waals surface area contributed by atoms with E-state index in [1.165, 1.54) is 32.1 Å². The van der Waals surface area contributed by atoms with Crippen LogP contribution in [0.25, 0.3) is 10.4 Å². The smallest absolute Gasteiger partial charge is 0.550 e. The van der Waals surface area contributed by atoms with Gasteiger partial charge in [-0.1, -0.05) is 48.7 Å². The Hall–Kier alpha value is -0.780. The van der Waals surface area contributed by atoms with Crippen molar-refractivity contribution in [1.29, 1.82) is 0 Å². The van der Waals surface area contributed by atoms with Crippen LogP contribution in [0.3, 0.4) is 0 Å². The molecule has 7 heteroatoms. The molecule has 0 heterocycles. The zero-order valence-corrected chi connectivity index (χ0v) is 18.9. The number of aliphatic carboxylic acids is 1. The first-order valence-corrected chi connectivity index (χ1v) is 9.85. The van der Waals surface area contributed by atoms with Gasteiger partial charge >= 0.3 is 29.6 Å². The number of rotatable bonds is 18. The van der Waals surface area contributed by atoms with E-state index in [9.17, 15) is 15.0 Å². The van der Waals surface area contributed by atoms with Gasteiger partial charge < -0.3 is 15.0 Å². The molecule has 0 aliphatic heterocycles. The van der Waals surface area contributed by atoms with Gasteiger partial charge in [-0.25, -0.2) is 0 Å². The Morgan fingerprint density at radius 1 is 0.926 bits per heavy atom. The van der Waals surface area contributed by atoms with Crippen molar-refractivity contribution in [2.75, 3.05) is 6.54 Å². The fourth-order valence-electron chi connectivity index (χ4n) is 2.58. The zero-order chi connectivity index (χ0) is 19.3. The number of aliphatic hydroxyl groups is 1. The summed E-state index contributed by atoms with van der Waals surface area (Å²) >= 11 is 0. The summed E-state index contributed by atoms with van der Waals surface area (Å²) in [5.41, 5.74) is 8.16. The molecule has 0 saturated heterocycles. The summed E-state index contributed by atoms with van der Waals surface area (Å²) in [4.78, 5) is 12.9. The van der Waals surface area contributed by atoms with Crippen LogP contribution in [0.15, 0.2) is 29.4 Å². The van der Waals surface area contributed by atoms with Crippen molar-refractivity contribution in [3.8, 4) is 0 Å². The van der Waals surface area contributed by atoms with Gasteiger partial charge in [-0.2, -0.15) is 0 Å². The average molecular weight is 388 g/mol. The Bertz CT molecular complexity index is 450. The minimum atomic E-state index is -0.964. The summed E-state index contributed by atoms with van der Waals surface area (Å²) in [5, 5.41) is 23.1. The maximum absolute atomic E-state index is 10.2. The van der Waals surface area contributed by atoms with Crippen LogP contribution in [0.4, 0.5) is 0 Å². The molecule has 27 heavy (non-hydrogen) atoms. The summed E-state index contributed by atoms with van der Waals surface area (Å²) in [7, 11) is 0. The fourth-order valence-corrected chi connectivity index (χ4v) is 2.58. The molecule has 6 nitrogen and oxygen atoms in total. The van der Waals surface area contributed by atoms with Gasteiger partial charge in [0.15, 0.2) is 0 Å². The Morgan fingerprint density at radius 2 is 1.41 bits per heavy atom. The summed E-state index contributed by atoms with van der Waals surface area (Å²) in [6, 6.07) is 0. The summed E-state index contributed by atoms with van der Waals surface area (Å²) in [6.45, 7) is 0.165. The molecule has 0 spiro atoms. The number of azide groups is 1. The zero-order valence-electron chi connectivity index (χ0n) is 16.9. The fraction of sp³-hybridized carbons (Fsp3) is 0.750. The number of aliphatic hydroxyl groups excluding tert-OH is 1. The quantitative estimate of drug-likeness (QED) is 0.0963. The number of hydrogen-bond donors (Lipinski definition) is 1. The molecule has 0 aliphatic carbocycles. The van der Waals surface area contributed by atoms with Crippen LogP contribution in [-0.4, -0.2) is 23.7 Å². The minimum absolute atomic E-state index is 0. The number of carboxylic acid groups (broad SMARTS) is 1. The molecule has 1 atom stereocenters. The molecule has 0 aromatic carbocycles. The van der Waals surface area contributed by atoms with Crippen LogP contribution in [-0.2, 0) is 4.79 Å². The third-order valence-corrected chi connectivity index (χ3v) is 4.09. The Kier molecular flexibility index (Phi) is 24.5. The standard InChI is InChI=1S/C20H35N3O3.Na/c21-23-22-18-19(24)16-14-12-10-8-6-4-2-1-3-5-7-9-11-13-15-17-20(25)26;/h8-11,19,24H,1-7,12-18H2,(H,25,26);/q;+1/p-1/b10-8-,11-9-;/t19-;/m1./s1. The monoisotopic (exact) mass is 387 g/mol. The molecule has 0 aromatic rings. The van der Waals surface area contributed by atoms with Gasteiger partial charge in [0, 0.05) is 10.9 Å². The van der Waals surface area contributed by atoms with Gasteiger partial charge in [0.05, 0.1) is 12.6 Å². The largest absolute Gasteiger partial charge is 1.00 e. The number of allylic oxidation sites excluding steroid dienone is 4. The van der Waals surface area contributed by atoms with Crippen LogP contribution >= 0.6 is 0 Å². The number of unbranched alkanes of at least 4 members (excludes halogenated alkanes) is 8. The second-order valence-electron chi connectivity index (χ2n) is 6.55. The van der Waals surface area contributed by atoms with Crippen LogP contribution < -0.4 is 34.7 Å². The summed E-state index contributed by atoms with van der Waals surface area (Å²) < 4.78 is 0. The third kappa shape index (κ3) is 25.2. The molecule has 148 valence electrons. The molecule has 1 N–H and O–H groups in total. The second-order valence-corrected chi connectivity index (χ2v) is 6.55. The van der Waals surface area contributed by atoms with Crippen LogP contribution in [0, 0.1) is 0 Å². The molecule has 0 bridgehead atoms. The van der Waals surface area contributed by atoms with Gasteiger partial charge in [0.25, 0.3) is 0 Å². The average Bonchev–Trinajstić information content (AvgIpc) is 2.62. The Balaban J connectivity index is 0. The topological polar surface area (TPSA) is 109 Å². The van der Waals surface area contributed by atoms with E-state index in [2.05, 4.69) is 34.3 Å². The molecule has 0 unspecified atom stereocenters. The van der Waals surface area contributed by atoms with E-state index >= 15 is 0 Å². The van der Waals surface area contributed by atoms with E-state index in [4.69, 9.17) is 5.53 Å². The molecule has 0 fully saturated rings. The maximum Gasteiger partial charge on any atom is 1.00 e. The number of hydrogen-bond acceptors (Lipinski definition) is 4. The van der Waals surface area contributed by atoms with Gasteiger partial charge in [-0.3, -0.25) is 0 Å². The molecular formula is C20H34N3NaO3. The van der Waals surface area contributed by atoms with E-state index in [0.29, 0.717) is 12.8 Å². The molecule has 0 aromatic heterocycles. The number of carbonyl (C=O) groups is 1. The normalized spacial score (nSPS) is 12.0. The molecular weight excluding hydrogens is 353 g/mol. The number of carbonyl (C=O) groups excluding carboxylic acids is 1. The first-order valence-electron chi connectivity index (χ1n) is 9.85.